The van der Waals surface area contributed by atoms with Gasteiger partial charge in [0.1, 0.15) is 12.1 Å². The van der Waals surface area contributed by atoms with E-state index < -0.39 is 30.0 Å². The lowest BCUT2D eigenvalue weighted by atomic mass is 9.98. The molecule has 0 aliphatic heterocycles. The monoisotopic (exact) mass is 375 g/mol. The Morgan fingerprint density at radius 1 is 1.12 bits per heavy atom. The Kier molecular flexibility index (Phi) is 11.5. The van der Waals surface area contributed by atoms with E-state index in [-0.39, 0.29) is 17.7 Å². The number of hydrogen-bond acceptors (Lipinski definition) is 5. The third-order valence-electron chi connectivity index (χ3n) is 4.08. The number of carbonyl (C=O) groups is 3. The van der Waals surface area contributed by atoms with Gasteiger partial charge in [0.05, 0.1) is 6.04 Å². The molecule has 0 heterocycles. The van der Waals surface area contributed by atoms with Gasteiger partial charge >= 0.3 is 5.97 Å². The molecule has 2 amide bonds. The maximum Gasteiger partial charge on any atom is 0.326 e. The summed E-state index contributed by atoms with van der Waals surface area (Å²) < 4.78 is 0. The third-order valence-corrected chi connectivity index (χ3v) is 4.73. The highest BCUT2D eigenvalue weighted by Crippen LogP contribution is 2.10. The molecule has 0 aliphatic rings. The predicted octanol–water partition coefficient (Wildman–Crippen LogP) is 1.21. The first kappa shape index (κ1) is 23.7. The number of carboxylic acid groups (broad SMARTS) is 1. The summed E-state index contributed by atoms with van der Waals surface area (Å²) in [6.07, 6.45) is 3.46. The maximum absolute atomic E-state index is 12.5. The second-order valence-corrected chi connectivity index (χ2v) is 7.77. The maximum atomic E-state index is 12.5. The number of nitrogens with one attached hydrogen (secondary N) is 2. The van der Waals surface area contributed by atoms with Crippen molar-refractivity contribution in [1.29, 1.82) is 0 Å². The molecule has 8 heteroatoms. The van der Waals surface area contributed by atoms with Crippen molar-refractivity contribution < 1.29 is 19.5 Å². The lowest BCUT2D eigenvalue weighted by molar-refractivity contribution is -0.143. The van der Waals surface area contributed by atoms with E-state index in [9.17, 15) is 19.5 Å². The van der Waals surface area contributed by atoms with Crippen molar-refractivity contribution in [2.45, 2.75) is 65.1 Å². The molecular weight excluding hydrogens is 342 g/mol. The minimum atomic E-state index is -1.07. The van der Waals surface area contributed by atoms with Crippen LogP contribution >= 0.6 is 11.8 Å². The first-order valence-corrected chi connectivity index (χ1v) is 10.1. The molecule has 0 aromatic heterocycles. The molecule has 0 spiro atoms. The van der Waals surface area contributed by atoms with E-state index in [4.69, 9.17) is 5.73 Å². The lowest BCUT2D eigenvalue weighted by Gasteiger charge is -2.25. The van der Waals surface area contributed by atoms with E-state index in [0.29, 0.717) is 25.0 Å². The van der Waals surface area contributed by atoms with Crippen molar-refractivity contribution in [3.63, 3.8) is 0 Å². The first-order valence-electron chi connectivity index (χ1n) is 8.72. The third kappa shape index (κ3) is 9.11. The highest BCUT2D eigenvalue weighted by Gasteiger charge is 2.30. The fraction of sp³-hybridized carbons (Fsp3) is 0.824. The Labute approximate surface area is 154 Å². The van der Waals surface area contributed by atoms with E-state index in [2.05, 4.69) is 10.6 Å². The average molecular weight is 376 g/mol. The molecule has 0 aromatic carbocycles. The molecule has 5 N–H and O–H groups in total. The molecule has 0 rings (SSSR count). The lowest BCUT2D eigenvalue weighted by Crippen LogP contribution is -2.55. The van der Waals surface area contributed by atoms with Gasteiger partial charge in [-0.3, -0.25) is 9.59 Å². The highest BCUT2D eigenvalue weighted by atomic mass is 32.2. The number of nitrogens with two attached hydrogens (primary N) is 1. The van der Waals surface area contributed by atoms with Gasteiger partial charge < -0.3 is 21.5 Å². The summed E-state index contributed by atoms with van der Waals surface area (Å²) >= 11 is 1.55. The number of carboxylic acids is 1. The molecule has 0 aromatic rings. The quantitative estimate of drug-likeness (QED) is 0.407. The summed E-state index contributed by atoms with van der Waals surface area (Å²) in [5, 5.41) is 14.6. The van der Waals surface area contributed by atoms with E-state index in [1.807, 2.05) is 27.0 Å². The molecule has 4 atom stereocenters. The minimum Gasteiger partial charge on any atom is -0.480 e. The Hall–Kier alpha value is -1.28. The minimum absolute atomic E-state index is 0.207. The zero-order chi connectivity index (χ0) is 19.6. The van der Waals surface area contributed by atoms with E-state index in [0.717, 1.165) is 0 Å². The number of aliphatic carboxylic acids is 1. The van der Waals surface area contributed by atoms with Crippen LogP contribution in [0.25, 0.3) is 0 Å². The molecule has 146 valence electrons. The molecule has 0 radical (unpaired) electrons. The fourth-order valence-electron chi connectivity index (χ4n) is 2.34. The van der Waals surface area contributed by atoms with Crippen LogP contribution in [0.1, 0.15) is 47.0 Å². The van der Waals surface area contributed by atoms with Gasteiger partial charge in [-0.05, 0) is 36.7 Å². The van der Waals surface area contributed by atoms with Crippen molar-refractivity contribution >= 4 is 29.5 Å². The van der Waals surface area contributed by atoms with Gasteiger partial charge in [0.2, 0.25) is 11.8 Å². The number of amides is 2. The van der Waals surface area contributed by atoms with E-state index in [1.54, 1.807) is 18.7 Å². The average Bonchev–Trinajstić information content (AvgIpc) is 2.54. The van der Waals surface area contributed by atoms with Crippen LogP contribution in [0.5, 0.6) is 0 Å². The van der Waals surface area contributed by atoms with Gasteiger partial charge in [-0.2, -0.15) is 11.8 Å². The van der Waals surface area contributed by atoms with Crippen LogP contribution in [-0.4, -0.2) is 53.0 Å². The number of carbonyl (C=O) groups excluding carboxylic acids is 2. The number of thioether (sulfide) groups is 1. The van der Waals surface area contributed by atoms with Crippen LogP contribution in [0.4, 0.5) is 0 Å². The molecule has 0 bridgehead atoms. The van der Waals surface area contributed by atoms with Crippen molar-refractivity contribution in [2.24, 2.45) is 17.6 Å². The summed E-state index contributed by atoms with van der Waals surface area (Å²) in [6, 6.07) is -2.45. The normalized spacial score (nSPS) is 16.0. The molecule has 7 nitrogen and oxygen atoms in total. The molecule has 0 saturated carbocycles. The molecule has 0 aliphatic carbocycles. The van der Waals surface area contributed by atoms with E-state index in [1.165, 1.54) is 0 Å². The predicted molar refractivity (Wildman–Crippen MR) is 101 cm³/mol. The molecule has 0 fully saturated rings. The van der Waals surface area contributed by atoms with Crippen LogP contribution < -0.4 is 16.4 Å². The van der Waals surface area contributed by atoms with Crippen LogP contribution in [0.2, 0.25) is 0 Å². The smallest absolute Gasteiger partial charge is 0.326 e. The fourth-order valence-corrected chi connectivity index (χ4v) is 2.81. The standard InChI is InChI=1S/C17H33N3O4S/c1-6-11(4)14(17(23)24)20-16(22)13(7-8-25-5)19-15(21)12(18)9-10(2)3/h10-14H,6-9,18H2,1-5H3,(H,19,21)(H,20,22)(H,23,24)/t11-,12-,13-,14-/m0/s1. The number of rotatable bonds is 12. The molecule has 0 saturated heterocycles. The Balaban J connectivity index is 5.01. The summed E-state index contributed by atoms with van der Waals surface area (Å²) in [6.45, 7) is 7.57. The van der Waals surface area contributed by atoms with Crippen LogP contribution in [0, 0.1) is 11.8 Å². The van der Waals surface area contributed by atoms with Crippen molar-refractivity contribution in [3.05, 3.63) is 0 Å². The van der Waals surface area contributed by atoms with Crippen LogP contribution in [-0.2, 0) is 14.4 Å². The van der Waals surface area contributed by atoms with Crippen molar-refractivity contribution in [1.82, 2.24) is 10.6 Å². The summed E-state index contributed by atoms with van der Waals surface area (Å²) in [5.41, 5.74) is 5.87. The highest BCUT2D eigenvalue weighted by molar-refractivity contribution is 7.98. The van der Waals surface area contributed by atoms with Crippen molar-refractivity contribution in [3.8, 4) is 0 Å². The summed E-state index contributed by atoms with van der Waals surface area (Å²) in [4.78, 5) is 36.1. The zero-order valence-corrected chi connectivity index (χ0v) is 16.7. The second-order valence-electron chi connectivity index (χ2n) is 6.79. The first-order chi connectivity index (χ1) is 11.6. The van der Waals surface area contributed by atoms with Gasteiger partial charge in [-0.25, -0.2) is 4.79 Å². The van der Waals surface area contributed by atoms with Crippen LogP contribution in [0.3, 0.4) is 0 Å². The SMILES string of the molecule is CC[C@H](C)[C@H](NC(=O)[C@H](CCSC)NC(=O)[C@@H](N)CC(C)C)C(=O)O. The van der Waals surface area contributed by atoms with E-state index >= 15 is 0 Å². The summed E-state index contributed by atoms with van der Waals surface area (Å²) in [7, 11) is 0. The molecular formula is C17H33N3O4S. The Bertz CT molecular complexity index is 446. The topological polar surface area (TPSA) is 122 Å². The van der Waals surface area contributed by atoms with Crippen molar-refractivity contribution in [2.75, 3.05) is 12.0 Å². The van der Waals surface area contributed by atoms with Gasteiger partial charge in [-0.15, -0.1) is 0 Å². The Morgan fingerprint density at radius 3 is 2.16 bits per heavy atom. The van der Waals surface area contributed by atoms with Gasteiger partial charge in [0, 0.05) is 0 Å². The largest absolute Gasteiger partial charge is 0.480 e. The van der Waals surface area contributed by atoms with Gasteiger partial charge in [-0.1, -0.05) is 34.1 Å². The zero-order valence-electron chi connectivity index (χ0n) is 15.9. The second kappa shape index (κ2) is 12.1. The van der Waals surface area contributed by atoms with Crippen LogP contribution in [0.15, 0.2) is 0 Å². The number of hydrogen-bond donors (Lipinski definition) is 4. The molecule has 25 heavy (non-hydrogen) atoms. The van der Waals surface area contributed by atoms with Gasteiger partial charge in [0.25, 0.3) is 0 Å². The van der Waals surface area contributed by atoms with Gasteiger partial charge in [0.15, 0.2) is 0 Å². The Morgan fingerprint density at radius 2 is 1.72 bits per heavy atom. The molecule has 0 unspecified atom stereocenters. The summed E-state index contributed by atoms with van der Waals surface area (Å²) in [5.74, 6) is -1.22.